The molecule has 22 heavy (non-hydrogen) atoms. The Hall–Kier alpha value is -2.09. The topological polar surface area (TPSA) is 51.1 Å². The van der Waals surface area contributed by atoms with Gasteiger partial charge in [0.2, 0.25) is 5.91 Å². The van der Waals surface area contributed by atoms with Gasteiger partial charge in [-0.3, -0.25) is 9.59 Å². The molecule has 0 fully saturated rings. The summed E-state index contributed by atoms with van der Waals surface area (Å²) in [6, 6.07) is 7.10. The van der Waals surface area contributed by atoms with E-state index in [4.69, 9.17) is 0 Å². The molecule has 1 heterocycles. The summed E-state index contributed by atoms with van der Waals surface area (Å²) >= 11 is 3.17. The molecule has 1 aromatic heterocycles. The number of alkyl halides is 3. The lowest BCUT2D eigenvalue weighted by atomic mass is 10.2. The van der Waals surface area contributed by atoms with Crippen molar-refractivity contribution in [2.45, 2.75) is 12.7 Å². The molecule has 0 aliphatic rings. The molecule has 0 radical (unpaired) electrons. The first-order valence-corrected chi connectivity index (χ1v) is 6.88. The van der Waals surface area contributed by atoms with Crippen LogP contribution in [-0.2, 0) is 17.5 Å². The summed E-state index contributed by atoms with van der Waals surface area (Å²) in [4.78, 5) is 23.4. The Labute approximate surface area is 131 Å². The van der Waals surface area contributed by atoms with Crippen molar-refractivity contribution in [3.63, 3.8) is 0 Å². The second-order valence-electron chi connectivity index (χ2n) is 4.44. The predicted octanol–water partition coefficient (Wildman–Crippen LogP) is 3.27. The standard InChI is InChI=1S/C14H10BrF3N2O2/c15-10-4-5-13(22)20(7-10)8-12(21)19-11-3-1-2-9(6-11)14(16,17)18/h1-7H,8H2,(H,19,21). The number of benzene rings is 1. The average Bonchev–Trinajstić information content (AvgIpc) is 2.42. The number of pyridine rings is 1. The maximum Gasteiger partial charge on any atom is 0.416 e. The molecule has 0 aliphatic carbocycles. The van der Waals surface area contributed by atoms with E-state index < -0.39 is 17.6 Å². The number of carbonyl (C=O) groups is 1. The number of nitrogens with one attached hydrogen (secondary N) is 1. The number of nitrogens with zero attached hydrogens (tertiary/aromatic N) is 1. The van der Waals surface area contributed by atoms with Crippen molar-refractivity contribution in [1.82, 2.24) is 4.57 Å². The molecule has 0 spiro atoms. The first-order chi connectivity index (χ1) is 10.3. The molecule has 2 aromatic rings. The van der Waals surface area contributed by atoms with Crippen LogP contribution in [0, 0.1) is 0 Å². The zero-order valence-corrected chi connectivity index (χ0v) is 12.6. The van der Waals surface area contributed by atoms with Crippen molar-refractivity contribution in [3.05, 3.63) is 63.0 Å². The van der Waals surface area contributed by atoms with E-state index in [9.17, 15) is 22.8 Å². The zero-order valence-electron chi connectivity index (χ0n) is 11.0. The van der Waals surface area contributed by atoms with E-state index in [1.165, 1.54) is 30.5 Å². The number of carbonyl (C=O) groups excluding carboxylic acids is 1. The van der Waals surface area contributed by atoms with Crippen molar-refractivity contribution in [1.29, 1.82) is 0 Å². The third-order valence-corrected chi connectivity index (χ3v) is 3.20. The maximum absolute atomic E-state index is 12.6. The summed E-state index contributed by atoms with van der Waals surface area (Å²) < 4.78 is 39.5. The normalized spacial score (nSPS) is 11.3. The van der Waals surface area contributed by atoms with Gasteiger partial charge in [0, 0.05) is 22.4 Å². The number of anilines is 1. The zero-order chi connectivity index (χ0) is 16.3. The molecule has 0 saturated carbocycles. The van der Waals surface area contributed by atoms with Crippen LogP contribution >= 0.6 is 15.9 Å². The predicted molar refractivity (Wildman–Crippen MR) is 78.5 cm³/mol. The molecule has 4 nitrogen and oxygen atoms in total. The Morgan fingerprint density at radius 2 is 1.95 bits per heavy atom. The molecule has 0 bridgehead atoms. The molecule has 0 saturated heterocycles. The van der Waals surface area contributed by atoms with E-state index in [0.717, 1.165) is 16.7 Å². The monoisotopic (exact) mass is 374 g/mol. The fraction of sp³-hybridized carbons (Fsp3) is 0.143. The Balaban J connectivity index is 2.13. The van der Waals surface area contributed by atoms with Crippen LogP contribution in [0.5, 0.6) is 0 Å². The highest BCUT2D eigenvalue weighted by atomic mass is 79.9. The number of hydrogen-bond acceptors (Lipinski definition) is 2. The van der Waals surface area contributed by atoms with Crippen LogP contribution in [0.4, 0.5) is 18.9 Å². The molecule has 2 rings (SSSR count). The summed E-state index contributed by atoms with van der Waals surface area (Å²) in [6.07, 6.45) is -3.06. The van der Waals surface area contributed by atoms with Crippen LogP contribution < -0.4 is 10.9 Å². The van der Waals surface area contributed by atoms with Crippen LogP contribution in [0.15, 0.2) is 51.9 Å². The quantitative estimate of drug-likeness (QED) is 0.896. The largest absolute Gasteiger partial charge is 0.416 e. The molecule has 0 aliphatic heterocycles. The Morgan fingerprint density at radius 3 is 2.64 bits per heavy atom. The molecule has 0 atom stereocenters. The van der Waals surface area contributed by atoms with E-state index in [2.05, 4.69) is 21.2 Å². The van der Waals surface area contributed by atoms with Gasteiger partial charge in [-0.1, -0.05) is 6.07 Å². The maximum atomic E-state index is 12.6. The van der Waals surface area contributed by atoms with Gasteiger partial charge < -0.3 is 9.88 Å². The van der Waals surface area contributed by atoms with Gasteiger partial charge in [0.05, 0.1) is 5.56 Å². The number of halogens is 4. The fourth-order valence-electron chi connectivity index (χ4n) is 1.75. The fourth-order valence-corrected chi connectivity index (χ4v) is 2.13. The summed E-state index contributed by atoms with van der Waals surface area (Å²) in [5.41, 5.74) is -1.23. The molecule has 116 valence electrons. The second-order valence-corrected chi connectivity index (χ2v) is 5.36. The lowest BCUT2D eigenvalue weighted by Crippen LogP contribution is -2.26. The highest BCUT2D eigenvalue weighted by Crippen LogP contribution is 2.30. The molecule has 0 unspecified atom stereocenters. The van der Waals surface area contributed by atoms with Crippen LogP contribution in [-0.4, -0.2) is 10.5 Å². The van der Waals surface area contributed by atoms with Gasteiger partial charge in [-0.15, -0.1) is 0 Å². The van der Waals surface area contributed by atoms with Crippen molar-refractivity contribution < 1.29 is 18.0 Å². The van der Waals surface area contributed by atoms with Gasteiger partial charge in [-0.25, -0.2) is 0 Å². The van der Waals surface area contributed by atoms with Crippen LogP contribution in [0.2, 0.25) is 0 Å². The summed E-state index contributed by atoms with van der Waals surface area (Å²) in [5.74, 6) is -0.598. The lowest BCUT2D eigenvalue weighted by molar-refractivity contribution is -0.137. The minimum atomic E-state index is -4.48. The highest BCUT2D eigenvalue weighted by Gasteiger charge is 2.30. The van der Waals surface area contributed by atoms with Gasteiger partial charge in [0.15, 0.2) is 0 Å². The smallest absolute Gasteiger partial charge is 0.325 e. The SMILES string of the molecule is O=C(Cn1cc(Br)ccc1=O)Nc1cccc(C(F)(F)F)c1. The van der Waals surface area contributed by atoms with E-state index in [1.807, 2.05) is 0 Å². The second kappa shape index (κ2) is 6.35. The van der Waals surface area contributed by atoms with Crippen molar-refractivity contribution in [3.8, 4) is 0 Å². The Kier molecular flexibility index (Phi) is 4.70. The Morgan fingerprint density at radius 1 is 1.23 bits per heavy atom. The van der Waals surface area contributed by atoms with Gasteiger partial charge in [0.25, 0.3) is 5.56 Å². The van der Waals surface area contributed by atoms with Gasteiger partial charge in [0.1, 0.15) is 6.54 Å². The first-order valence-electron chi connectivity index (χ1n) is 6.09. The summed E-state index contributed by atoms with van der Waals surface area (Å²) in [6.45, 7) is -0.297. The number of aromatic nitrogens is 1. The third kappa shape index (κ3) is 4.20. The molecule has 1 aromatic carbocycles. The Bertz CT molecular complexity index is 756. The summed E-state index contributed by atoms with van der Waals surface area (Å²) in [5, 5.41) is 2.34. The molecular weight excluding hydrogens is 365 g/mol. The van der Waals surface area contributed by atoms with E-state index >= 15 is 0 Å². The van der Waals surface area contributed by atoms with Crippen molar-refractivity contribution in [2.24, 2.45) is 0 Å². The van der Waals surface area contributed by atoms with Gasteiger partial charge >= 0.3 is 6.18 Å². The molecule has 8 heteroatoms. The first kappa shape index (κ1) is 16.3. The van der Waals surface area contributed by atoms with Crippen molar-refractivity contribution in [2.75, 3.05) is 5.32 Å². The molecule has 1 amide bonds. The van der Waals surface area contributed by atoms with E-state index in [1.54, 1.807) is 0 Å². The van der Waals surface area contributed by atoms with E-state index in [-0.39, 0.29) is 17.8 Å². The van der Waals surface area contributed by atoms with Crippen molar-refractivity contribution >= 4 is 27.5 Å². The highest BCUT2D eigenvalue weighted by molar-refractivity contribution is 9.10. The van der Waals surface area contributed by atoms with Crippen LogP contribution in [0.1, 0.15) is 5.56 Å². The van der Waals surface area contributed by atoms with Crippen LogP contribution in [0.3, 0.4) is 0 Å². The number of amides is 1. The minimum Gasteiger partial charge on any atom is -0.325 e. The number of hydrogen-bond donors (Lipinski definition) is 1. The lowest BCUT2D eigenvalue weighted by Gasteiger charge is -2.10. The van der Waals surface area contributed by atoms with Crippen LogP contribution in [0.25, 0.3) is 0 Å². The molecular formula is C14H10BrF3N2O2. The third-order valence-electron chi connectivity index (χ3n) is 2.73. The number of rotatable bonds is 3. The molecule has 1 N–H and O–H groups in total. The van der Waals surface area contributed by atoms with E-state index in [0.29, 0.717) is 4.47 Å². The average molecular weight is 375 g/mol. The van der Waals surface area contributed by atoms with Gasteiger partial charge in [-0.05, 0) is 40.2 Å². The minimum absolute atomic E-state index is 0.0165. The summed E-state index contributed by atoms with van der Waals surface area (Å²) in [7, 11) is 0. The van der Waals surface area contributed by atoms with Gasteiger partial charge in [-0.2, -0.15) is 13.2 Å².